The van der Waals surface area contributed by atoms with Crippen LogP contribution in [0.5, 0.6) is 0 Å². The van der Waals surface area contributed by atoms with Crippen LogP contribution < -0.4 is 0 Å². The molecule has 0 radical (unpaired) electrons. The molecular formula is C25H24N2O3S. The number of aromatic nitrogens is 1. The average molecular weight is 433 g/mol. The van der Waals surface area contributed by atoms with Gasteiger partial charge in [0, 0.05) is 35.2 Å². The van der Waals surface area contributed by atoms with Crippen molar-refractivity contribution < 1.29 is 13.3 Å². The molecule has 6 heteroatoms. The van der Waals surface area contributed by atoms with Gasteiger partial charge in [0.2, 0.25) is 0 Å². The summed E-state index contributed by atoms with van der Waals surface area (Å²) in [5.74, 6) is 0. The molecule has 0 unspecified atom stereocenters. The lowest BCUT2D eigenvalue weighted by atomic mass is 9.60. The first-order valence-electron chi connectivity index (χ1n) is 9.99. The van der Waals surface area contributed by atoms with E-state index in [4.69, 9.17) is 4.84 Å². The van der Waals surface area contributed by atoms with Crippen molar-refractivity contribution in [3.63, 3.8) is 0 Å². The van der Waals surface area contributed by atoms with E-state index in [-0.39, 0.29) is 5.41 Å². The normalized spacial score (nSPS) is 16.8. The van der Waals surface area contributed by atoms with Crippen LogP contribution in [0.15, 0.2) is 89.2 Å². The second kappa shape index (κ2) is 8.12. The number of benzene rings is 2. The van der Waals surface area contributed by atoms with Gasteiger partial charge in [0.05, 0.1) is 10.6 Å². The van der Waals surface area contributed by atoms with Gasteiger partial charge in [0.1, 0.15) is 6.61 Å². The van der Waals surface area contributed by atoms with Crippen LogP contribution in [-0.2, 0) is 21.3 Å². The number of hydrogen-bond acceptors (Lipinski definition) is 5. The first-order valence-corrected chi connectivity index (χ1v) is 11.9. The van der Waals surface area contributed by atoms with Gasteiger partial charge in [0.15, 0.2) is 9.84 Å². The molecule has 4 rings (SSSR count). The Kier molecular flexibility index (Phi) is 5.50. The van der Waals surface area contributed by atoms with Crippen molar-refractivity contribution in [3.8, 4) is 0 Å². The number of rotatable bonds is 6. The van der Waals surface area contributed by atoms with Gasteiger partial charge in [-0.15, -0.1) is 0 Å². The van der Waals surface area contributed by atoms with E-state index < -0.39 is 9.84 Å². The number of oxime groups is 1. The second-order valence-electron chi connectivity index (χ2n) is 8.11. The van der Waals surface area contributed by atoms with Gasteiger partial charge >= 0.3 is 0 Å². The van der Waals surface area contributed by atoms with Gasteiger partial charge in [0.25, 0.3) is 0 Å². The van der Waals surface area contributed by atoms with Gasteiger partial charge in [-0.1, -0.05) is 53.7 Å². The minimum Gasteiger partial charge on any atom is -0.391 e. The quantitative estimate of drug-likeness (QED) is 0.514. The topological polar surface area (TPSA) is 68.6 Å². The van der Waals surface area contributed by atoms with Crippen LogP contribution in [-0.4, -0.2) is 25.4 Å². The minimum atomic E-state index is -3.24. The molecule has 0 bridgehead atoms. The fourth-order valence-electron chi connectivity index (χ4n) is 3.87. The van der Waals surface area contributed by atoms with Crippen molar-refractivity contribution in [1.29, 1.82) is 0 Å². The third-order valence-electron chi connectivity index (χ3n) is 5.45. The van der Waals surface area contributed by atoms with Gasteiger partial charge < -0.3 is 4.84 Å². The number of pyridine rings is 1. The summed E-state index contributed by atoms with van der Waals surface area (Å²) in [5.41, 5.74) is 5.62. The predicted octanol–water partition coefficient (Wildman–Crippen LogP) is 5.01. The SMILES string of the molecule is CC1(C)C(c2ccc(S(C)(=O)=O)cc2)=C(c2ccccc2)/C1=N/OCc1cccnc1. The van der Waals surface area contributed by atoms with E-state index >= 15 is 0 Å². The molecule has 0 spiro atoms. The number of sulfone groups is 1. The average Bonchev–Trinajstić information content (AvgIpc) is 2.76. The molecule has 0 saturated carbocycles. The van der Waals surface area contributed by atoms with E-state index in [9.17, 15) is 8.42 Å². The Morgan fingerprint density at radius 2 is 1.65 bits per heavy atom. The molecule has 0 atom stereocenters. The number of nitrogens with zero attached hydrogens (tertiary/aromatic N) is 2. The van der Waals surface area contributed by atoms with Gasteiger partial charge in [-0.3, -0.25) is 4.98 Å². The van der Waals surface area contributed by atoms with Crippen molar-refractivity contribution >= 4 is 26.7 Å². The van der Waals surface area contributed by atoms with E-state index in [1.54, 1.807) is 24.5 Å². The van der Waals surface area contributed by atoms with Crippen molar-refractivity contribution in [2.24, 2.45) is 10.6 Å². The second-order valence-corrected chi connectivity index (χ2v) is 10.1. The lowest BCUT2D eigenvalue weighted by molar-refractivity contribution is 0.128. The number of hydrogen-bond donors (Lipinski definition) is 0. The summed E-state index contributed by atoms with van der Waals surface area (Å²) in [6, 6.07) is 20.9. The highest BCUT2D eigenvalue weighted by molar-refractivity contribution is 7.90. The van der Waals surface area contributed by atoms with Gasteiger partial charge in [-0.2, -0.15) is 0 Å². The van der Waals surface area contributed by atoms with E-state index in [1.807, 2.05) is 54.6 Å². The van der Waals surface area contributed by atoms with Crippen LogP contribution in [0.3, 0.4) is 0 Å². The Bertz CT molecular complexity index is 1250. The summed E-state index contributed by atoms with van der Waals surface area (Å²) in [6.07, 6.45) is 4.70. The molecule has 158 valence electrons. The minimum absolute atomic E-state index is 0.309. The molecule has 3 aromatic rings. The summed E-state index contributed by atoms with van der Waals surface area (Å²) in [6.45, 7) is 4.55. The Hall–Kier alpha value is -3.25. The molecule has 2 aromatic carbocycles. The molecule has 0 saturated heterocycles. The highest BCUT2D eigenvalue weighted by Gasteiger charge is 2.45. The van der Waals surface area contributed by atoms with Gasteiger partial charge in [-0.25, -0.2) is 8.42 Å². The molecule has 0 aliphatic heterocycles. The number of allylic oxidation sites excluding steroid dienone is 2. The zero-order valence-corrected chi connectivity index (χ0v) is 18.6. The fourth-order valence-corrected chi connectivity index (χ4v) is 4.50. The summed E-state index contributed by atoms with van der Waals surface area (Å²) < 4.78 is 23.7. The maximum Gasteiger partial charge on any atom is 0.175 e. The summed E-state index contributed by atoms with van der Waals surface area (Å²) in [7, 11) is -3.24. The van der Waals surface area contributed by atoms with Crippen LogP contribution in [0.4, 0.5) is 0 Å². The third kappa shape index (κ3) is 4.16. The Morgan fingerprint density at radius 1 is 0.935 bits per heavy atom. The van der Waals surface area contributed by atoms with Crippen molar-refractivity contribution in [2.45, 2.75) is 25.3 Å². The first-order chi connectivity index (χ1) is 14.8. The molecule has 1 aromatic heterocycles. The Morgan fingerprint density at radius 3 is 2.26 bits per heavy atom. The van der Waals surface area contributed by atoms with Crippen LogP contribution in [0, 0.1) is 5.41 Å². The zero-order chi connectivity index (χ0) is 22.1. The van der Waals surface area contributed by atoms with E-state index in [1.165, 1.54) is 6.26 Å². The molecule has 1 aliphatic carbocycles. The van der Waals surface area contributed by atoms with Crippen molar-refractivity contribution in [3.05, 3.63) is 95.8 Å². The standard InChI is InChI=1S/C25H24N2O3S/c1-25(2)23(20-11-13-21(14-12-20)31(3,28)29)22(19-9-5-4-6-10-19)24(25)27-30-17-18-8-7-15-26-16-18/h4-16H,17H2,1-3H3/b27-24-. The Labute approximate surface area is 183 Å². The molecule has 5 nitrogen and oxygen atoms in total. The summed E-state index contributed by atoms with van der Waals surface area (Å²) >= 11 is 0. The molecule has 1 aliphatic rings. The largest absolute Gasteiger partial charge is 0.391 e. The third-order valence-corrected chi connectivity index (χ3v) is 6.58. The molecule has 0 amide bonds. The lowest BCUT2D eigenvalue weighted by Gasteiger charge is -2.42. The predicted molar refractivity (Wildman–Crippen MR) is 123 cm³/mol. The summed E-state index contributed by atoms with van der Waals surface area (Å²) in [4.78, 5) is 10.1. The van der Waals surface area contributed by atoms with Crippen molar-refractivity contribution in [1.82, 2.24) is 4.98 Å². The van der Waals surface area contributed by atoms with E-state index in [0.717, 1.165) is 33.5 Å². The smallest absolute Gasteiger partial charge is 0.175 e. The molecule has 0 N–H and O–H groups in total. The van der Waals surface area contributed by atoms with Gasteiger partial charge in [-0.05, 0) is 48.7 Å². The van der Waals surface area contributed by atoms with Crippen LogP contribution >= 0.6 is 0 Å². The van der Waals surface area contributed by atoms with Crippen LogP contribution in [0.25, 0.3) is 11.1 Å². The van der Waals surface area contributed by atoms with Crippen LogP contribution in [0.1, 0.15) is 30.5 Å². The Balaban J connectivity index is 1.74. The van der Waals surface area contributed by atoms with Crippen molar-refractivity contribution in [2.75, 3.05) is 6.26 Å². The van der Waals surface area contributed by atoms with E-state index in [0.29, 0.717) is 11.5 Å². The first kappa shape index (κ1) is 21.0. The highest BCUT2D eigenvalue weighted by atomic mass is 32.2. The van der Waals surface area contributed by atoms with E-state index in [2.05, 4.69) is 24.0 Å². The fraction of sp³-hybridized carbons (Fsp3) is 0.200. The maximum atomic E-state index is 11.8. The lowest BCUT2D eigenvalue weighted by Crippen LogP contribution is -2.38. The maximum absolute atomic E-state index is 11.8. The monoisotopic (exact) mass is 432 g/mol. The molecule has 31 heavy (non-hydrogen) atoms. The molecule has 0 fully saturated rings. The zero-order valence-electron chi connectivity index (χ0n) is 17.7. The highest BCUT2D eigenvalue weighted by Crippen LogP contribution is 2.53. The van der Waals surface area contributed by atoms with Crippen LogP contribution in [0.2, 0.25) is 0 Å². The molecular weight excluding hydrogens is 408 g/mol. The summed E-state index contributed by atoms with van der Waals surface area (Å²) in [5, 5.41) is 4.50. The molecule has 1 heterocycles.